The second-order valence-electron chi connectivity index (χ2n) is 30.4. The summed E-state index contributed by atoms with van der Waals surface area (Å²) in [5.74, 6) is -8.25. The van der Waals surface area contributed by atoms with Crippen LogP contribution < -0.4 is 0 Å². The smallest absolute Gasteiger partial charge is 0.411 e. The van der Waals surface area contributed by atoms with Gasteiger partial charge in [-0.1, -0.05) is 159 Å². The maximum absolute atomic E-state index is 12.7. The summed E-state index contributed by atoms with van der Waals surface area (Å²) < 4.78 is 25.3. The minimum Gasteiger partial charge on any atom is -0.540 e. The molecule has 2 heterocycles. The number of nitrogens with zero attached hydrogens (tertiary/aromatic N) is 10. The molecule has 0 saturated heterocycles. The van der Waals surface area contributed by atoms with Crippen LogP contribution in [0.2, 0.25) is 0 Å². The van der Waals surface area contributed by atoms with Gasteiger partial charge in [0.2, 0.25) is 35.4 Å². The number of carbonyl (C=O) groups excluding carboxylic acids is 18. The van der Waals surface area contributed by atoms with Gasteiger partial charge in [-0.3, -0.25) is 76.9 Å². The van der Waals surface area contributed by atoms with Gasteiger partial charge in [0.05, 0.1) is 20.2 Å². The molecule has 45 heteroatoms. The van der Waals surface area contributed by atoms with Crippen molar-refractivity contribution >= 4 is 144 Å². The van der Waals surface area contributed by atoms with Crippen LogP contribution >= 0.6 is 18.5 Å². The summed E-state index contributed by atoms with van der Waals surface area (Å²) in [6, 6.07) is 36.1. The molecule has 692 valence electrons. The summed E-state index contributed by atoms with van der Waals surface area (Å²) in [4.78, 5) is 250. The van der Waals surface area contributed by atoms with Crippen LogP contribution in [-0.2, 0) is 262 Å². The molecule has 0 spiro atoms. The van der Waals surface area contributed by atoms with Crippen LogP contribution in [0, 0.1) is 7.05 Å². The van der Waals surface area contributed by atoms with E-state index in [1.54, 1.807) is 157 Å². The number of aliphatic carboxylic acids is 3. The number of carboxylic acids is 3. The van der Waals surface area contributed by atoms with Crippen molar-refractivity contribution in [2.45, 2.75) is 132 Å². The van der Waals surface area contributed by atoms with Crippen LogP contribution in [-0.4, -0.2) is 304 Å². The van der Waals surface area contributed by atoms with E-state index in [1.165, 1.54) is 34.0 Å². The fraction of sp³-hybridized carbons (Fsp3) is 0.405. The van der Waals surface area contributed by atoms with E-state index in [0.29, 0.717) is 4.90 Å². The summed E-state index contributed by atoms with van der Waals surface area (Å²) in [5.41, 5.74) is -0.549. The molecule has 0 aromatic heterocycles. The van der Waals surface area contributed by atoms with E-state index >= 15 is 0 Å². The van der Waals surface area contributed by atoms with Crippen molar-refractivity contribution < 1.29 is 271 Å². The van der Waals surface area contributed by atoms with Gasteiger partial charge in [0.1, 0.15) is 74.8 Å². The number of carboxylic acid groups (broad SMARTS) is 3. The Labute approximate surface area is 853 Å². The summed E-state index contributed by atoms with van der Waals surface area (Å²) in [5, 5.41) is 26.3. The van der Waals surface area contributed by atoms with Crippen molar-refractivity contribution in [1.82, 2.24) is 49.0 Å². The number of amides is 12. The first kappa shape index (κ1) is 126. The average molecular weight is 2140 g/mol. The van der Waals surface area contributed by atoms with E-state index in [4.69, 9.17) is 34.3 Å². The van der Waals surface area contributed by atoms with Crippen LogP contribution in [0.15, 0.2) is 146 Å². The quantitative estimate of drug-likeness (QED) is 0.0178. The van der Waals surface area contributed by atoms with Crippen LogP contribution in [0.3, 0.4) is 0 Å². The van der Waals surface area contributed by atoms with Gasteiger partial charge in [0, 0.05) is 181 Å². The van der Waals surface area contributed by atoms with Crippen molar-refractivity contribution in [3.05, 3.63) is 175 Å². The monoisotopic (exact) mass is 2140 g/mol. The number of hydrogen-bond acceptors (Lipinski definition) is 26. The van der Waals surface area contributed by atoms with Crippen molar-refractivity contribution in [3.8, 4) is 0 Å². The van der Waals surface area contributed by atoms with Crippen LogP contribution in [0.25, 0.3) is 0 Å². The number of methoxy groups -OCH3 is 1. The zero-order valence-corrected chi connectivity index (χ0v) is 87.6. The predicted molar refractivity (Wildman–Crippen MR) is 452 cm³/mol. The molecule has 2 unspecified atom stereocenters. The molecule has 6 rings (SSSR count). The van der Waals surface area contributed by atoms with Gasteiger partial charge in [-0.05, 0) is 105 Å². The van der Waals surface area contributed by atoms with Crippen molar-refractivity contribution in [2.24, 2.45) is 0 Å². The molecule has 4 radical (unpaired) electrons. The van der Waals surface area contributed by atoms with E-state index < -0.39 is 165 Å². The summed E-state index contributed by atoms with van der Waals surface area (Å²) in [6.45, 7) is 15.2. The molecule has 2 aliphatic heterocycles. The van der Waals surface area contributed by atoms with Gasteiger partial charge in [0.25, 0.3) is 11.8 Å². The zero-order valence-electron chi connectivity index (χ0n) is 74.0. The maximum Gasteiger partial charge on any atom is 0.411 e. The Kier molecular flexibility index (Phi) is 63.5. The maximum atomic E-state index is 12.7. The Bertz CT molecular complexity index is 4310. The fourth-order valence-corrected chi connectivity index (χ4v) is 9.99. The number of imide groups is 2. The molecule has 0 bridgehead atoms. The van der Waals surface area contributed by atoms with Gasteiger partial charge in [-0.15, -0.1) is 0 Å². The summed E-state index contributed by atoms with van der Waals surface area (Å²) in [7, 11) is 8.42. The molecule has 0 fully saturated rings. The molecule has 4 aromatic rings. The molecule has 39 nitrogen and oxygen atoms in total. The number of esters is 1. The molecule has 4 aromatic carbocycles. The van der Waals surface area contributed by atoms with Gasteiger partial charge in [0.15, 0.2) is 11.0 Å². The van der Waals surface area contributed by atoms with E-state index in [1.807, 2.05) is 85.2 Å². The van der Waals surface area contributed by atoms with Crippen molar-refractivity contribution in [3.63, 3.8) is 0 Å². The minimum atomic E-state index is -1.27. The molecule has 129 heavy (non-hydrogen) atoms. The number of carbonyl (C=O) groups is 18. The van der Waals surface area contributed by atoms with E-state index in [-0.39, 0.29) is 206 Å². The largest absolute Gasteiger partial charge is 0.540 e. The molecule has 2 atom stereocenters. The molecule has 0 aliphatic carbocycles. The SMILES string of the molecule is CC(C)(C)OC(=O)N(CC(=O)O)CC(=O)N(CC(=O)P)Cc1ccccc1.CC(C)(C)OC(=O)N(C[C-]=O)CC(=O)N(CC(=O)O)Cc1ccccc1.CC(C)(C)OC(=O)N(C[C-]=O)CC(=O)N(CC(=O)P)Cc1ccccc1.COC(=O)CN(Cc1ccccc1)C(=O)CN(C[C-]=O)C(=O)OC(C)(C)C.O=C(O)CN1C(=O)C=CC1=O.[CH2-]N1C(=O)C=CC1=O.[Y].[Y].[Y].[Y]. The Hall–Kier alpha value is -8.89. The second kappa shape index (κ2) is 64.8. The van der Waals surface area contributed by atoms with Crippen LogP contribution in [0.1, 0.15) is 105 Å². The van der Waals surface area contributed by atoms with Crippen molar-refractivity contribution in [1.29, 1.82) is 0 Å². The standard InChI is InChI=1S/C19H25N2O6.C18H25N2O6P.C18H23N2O6.C18H24N2O5P.C6H5NO4.C5H4NO2.4Y/c1-19(2,3)27-18(25)20(10-11-22)13-16(23)21(14-17(24)26-4)12-15-8-6-5-7-9-15;1-18(2,3)26-17(25)20(11-15(22)23)10-14(21)19(12-16(24)27)9-13-7-5-4-6-8-13;1-18(2,3)26-17(25)19(9-10-21)12-15(22)20(13-16(23)24)11-14-7-5-4-6-8-14;1-18(2,3)25-17(24)19(9-10-21)12-15(22)20(13-16(23)26)11-14-7-5-4-6-8-14;8-4-1-2-5(9)7(4)3-6(10)11;1-6-4(7)2-3-5(6)8;;;;/h5-9H,10,12-14H2,1-4H3;4-8H,9-12,27H2,1-3H3,(H,22,23);4-8H,9,11-13H2,1-3H3,(H,23,24);4-8H,9,11-13,26H2,1-3H3;1-2H,3H2,(H,10,11);2-3H,1H2;;;;/q-1;;2*-1;;-1;;;;. The Morgan fingerprint density at radius 1 is 0.341 bits per heavy atom. The van der Waals surface area contributed by atoms with Gasteiger partial charge >= 0.3 is 48.3 Å². The number of rotatable bonds is 34. The first-order valence-corrected chi connectivity index (χ1v) is 38.8. The summed E-state index contributed by atoms with van der Waals surface area (Å²) >= 11 is 0. The van der Waals surface area contributed by atoms with Gasteiger partial charge < -0.3 is 92.6 Å². The zero-order chi connectivity index (χ0) is 95.1. The fourth-order valence-electron chi connectivity index (χ4n) is 9.55. The third-order valence-electron chi connectivity index (χ3n) is 14.9. The molecular formula is C84H106N10O29P2Y4-4. The van der Waals surface area contributed by atoms with E-state index in [2.05, 4.69) is 11.8 Å². The molecule has 0 saturated carbocycles. The van der Waals surface area contributed by atoms with E-state index in [9.17, 15) is 101 Å². The third kappa shape index (κ3) is 57.8. The summed E-state index contributed by atoms with van der Waals surface area (Å²) in [6.07, 6.45) is 5.88. The molecule has 3 N–H and O–H groups in total. The number of hydrogen-bond donors (Lipinski definition) is 3. The van der Waals surface area contributed by atoms with Crippen molar-refractivity contribution in [2.75, 3.05) is 92.2 Å². The second-order valence-corrected chi connectivity index (χ2v) is 31.7. The first-order valence-electron chi connectivity index (χ1n) is 37.6. The Morgan fingerprint density at radius 2 is 0.566 bits per heavy atom. The third-order valence-corrected chi connectivity index (χ3v) is 15.3. The molecule has 12 amide bonds. The molecular weight excluding hydrogens is 2030 g/mol. The topological polar surface area (TPSA) is 498 Å². The normalized spacial score (nSPS) is 11.3. The Balaban J connectivity index is -0.000000746. The predicted octanol–water partition coefficient (Wildman–Crippen LogP) is 5.17. The molecule has 2 aliphatic rings. The van der Waals surface area contributed by atoms with E-state index in [0.717, 1.165) is 63.8 Å². The number of benzene rings is 4. The average Bonchev–Trinajstić information content (AvgIpc) is 1.80. The Morgan fingerprint density at radius 3 is 0.775 bits per heavy atom. The van der Waals surface area contributed by atoms with Crippen LogP contribution in [0.5, 0.6) is 0 Å². The van der Waals surface area contributed by atoms with Gasteiger partial charge in [-0.2, -0.15) is 0 Å². The van der Waals surface area contributed by atoms with Gasteiger partial charge in [-0.25, -0.2) is 45.1 Å². The first-order chi connectivity index (χ1) is 58.2. The number of ether oxygens (including phenoxy) is 5. The van der Waals surface area contributed by atoms with Crippen LogP contribution in [0.4, 0.5) is 19.2 Å². The minimum absolute atomic E-state index is 0.